The number of nitrogens with one attached hydrogen (secondary N) is 1. The largest absolute Gasteiger partial charge is 0.423 e. The van der Waals surface area contributed by atoms with Gasteiger partial charge in [-0.3, -0.25) is 4.79 Å². The quantitative estimate of drug-likeness (QED) is 0.744. The maximum Gasteiger partial charge on any atom is 0.339 e. The minimum absolute atomic E-state index is 0.162. The summed E-state index contributed by atoms with van der Waals surface area (Å²) in [5, 5.41) is 7.24. The average molecular weight is 326 g/mol. The summed E-state index contributed by atoms with van der Waals surface area (Å²) < 4.78 is 10.3. The maximum atomic E-state index is 12.2. The number of aryl methyl sites for hydroxylation is 3. The van der Waals surface area contributed by atoms with Gasteiger partial charge in [-0.05, 0) is 44.4 Å². The number of nitrogens with zero attached hydrogens (tertiary/aromatic N) is 1. The Hall–Kier alpha value is -2.89. The van der Waals surface area contributed by atoms with Crippen molar-refractivity contribution in [3.8, 4) is 0 Å². The Kier molecular flexibility index (Phi) is 4.20. The van der Waals surface area contributed by atoms with Crippen LogP contribution >= 0.6 is 0 Å². The maximum absolute atomic E-state index is 12.2. The van der Waals surface area contributed by atoms with Crippen molar-refractivity contribution < 1.29 is 13.7 Å². The molecule has 1 amide bonds. The first-order valence-electron chi connectivity index (χ1n) is 7.70. The fourth-order valence-corrected chi connectivity index (χ4v) is 2.66. The van der Waals surface area contributed by atoms with Crippen LogP contribution in [-0.4, -0.2) is 11.1 Å². The number of fused-ring (bicyclic) bond motifs is 1. The molecule has 0 saturated heterocycles. The van der Waals surface area contributed by atoms with Gasteiger partial charge in [-0.25, -0.2) is 4.79 Å². The van der Waals surface area contributed by atoms with Gasteiger partial charge in [0.25, 0.3) is 0 Å². The van der Waals surface area contributed by atoms with E-state index in [0.29, 0.717) is 29.1 Å². The first-order chi connectivity index (χ1) is 11.4. The summed E-state index contributed by atoms with van der Waals surface area (Å²) in [6.07, 6.45) is 0.468. The lowest BCUT2D eigenvalue weighted by Crippen LogP contribution is -2.16. The molecule has 6 heteroatoms. The number of aromatic nitrogens is 1. The Morgan fingerprint density at radius 3 is 2.71 bits per heavy atom. The number of rotatable bonds is 4. The molecule has 0 aliphatic carbocycles. The number of carbonyl (C=O) groups excluding carboxylic acids is 1. The second-order valence-electron chi connectivity index (χ2n) is 5.86. The van der Waals surface area contributed by atoms with Crippen LogP contribution in [-0.2, 0) is 11.2 Å². The molecule has 0 aliphatic rings. The fraction of sp³-hybridized carbons (Fsp3) is 0.278. The third-order valence-electron chi connectivity index (χ3n) is 3.94. The Morgan fingerprint density at radius 1 is 1.21 bits per heavy atom. The second-order valence-corrected chi connectivity index (χ2v) is 5.86. The fourth-order valence-electron chi connectivity index (χ4n) is 2.66. The van der Waals surface area contributed by atoms with Crippen LogP contribution in [0, 0.1) is 20.8 Å². The van der Waals surface area contributed by atoms with E-state index in [0.717, 1.165) is 16.5 Å². The van der Waals surface area contributed by atoms with E-state index in [4.69, 9.17) is 8.94 Å². The van der Waals surface area contributed by atoms with E-state index in [9.17, 15) is 9.59 Å². The van der Waals surface area contributed by atoms with Gasteiger partial charge < -0.3 is 14.3 Å². The van der Waals surface area contributed by atoms with Gasteiger partial charge in [-0.1, -0.05) is 17.3 Å². The standard InChI is InChI=1S/C18H18N2O4/c1-10-4-5-13-12(3)14(18(22)23-15(13)8-10)6-7-17(21)19-16-9-11(2)24-20-16/h4-5,8-9H,6-7H2,1-3H3,(H,19,20,21). The van der Waals surface area contributed by atoms with E-state index in [1.807, 2.05) is 32.0 Å². The van der Waals surface area contributed by atoms with Crippen LogP contribution in [0.5, 0.6) is 0 Å². The molecule has 0 atom stereocenters. The van der Waals surface area contributed by atoms with Crippen LogP contribution in [0.2, 0.25) is 0 Å². The lowest BCUT2D eigenvalue weighted by atomic mass is 10.0. The Labute approximate surface area is 138 Å². The third-order valence-corrected chi connectivity index (χ3v) is 3.94. The summed E-state index contributed by atoms with van der Waals surface area (Å²) in [7, 11) is 0. The summed E-state index contributed by atoms with van der Waals surface area (Å²) in [5.41, 5.74) is 2.59. The molecule has 0 aliphatic heterocycles. The number of benzene rings is 1. The zero-order valence-electron chi connectivity index (χ0n) is 13.8. The van der Waals surface area contributed by atoms with Gasteiger partial charge in [0.15, 0.2) is 5.82 Å². The topological polar surface area (TPSA) is 85.3 Å². The van der Waals surface area contributed by atoms with E-state index in [2.05, 4.69) is 10.5 Å². The van der Waals surface area contributed by atoms with Crippen molar-refractivity contribution in [1.29, 1.82) is 0 Å². The summed E-state index contributed by atoms with van der Waals surface area (Å²) in [5.74, 6) is 0.757. The Morgan fingerprint density at radius 2 is 2.00 bits per heavy atom. The van der Waals surface area contributed by atoms with Gasteiger partial charge in [-0.15, -0.1) is 0 Å². The van der Waals surface area contributed by atoms with Crippen LogP contribution in [0.1, 0.15) is 28.9 Å². The molecule has 3 aromatic rings. The van der Waals surface area contributed by atoms with Crippen molar-refractivity contribution in [1.82, 2.24) is 5.16 Å². The molecule has 0 spiro atoms. The third kappa shape index (κ3) is 3.22. The van der Waals surface area contributed by atoms with Crippen molar-refractivity contribution in [2.24, 2.45) is 0 Å². The van der Waals surface area contributed by atoms with Gasteiger partial charge in [0.05, 0.1) is 0 Å². The van der Waals surface area contributed by atoms with Gasteiger partial charge in [0, 0.05) is 23.4 Å². The molecule has 0 saturated carbocycles. The second kappa shape index (κ2) is 6.31. The Balaban J connectivity index is 1.78. The van der Waals surface area contributed by atoms with Crippen molar-refractivity contribution >= 4 is 22.7 Å². The first kappa shape index (κ1) is 16.0. The predicted octanol–water partition coefficient (Wildman–Crippen LogP) is 3.28. The number of hydrogen-bond donors (Lipinski definition) is 1. The molecule has 24 heavy (non-hydrogen) atoms. The highest BCUT2D eigenvalue weighted by Crippen LogP contribution is 2.21. The minimum atomic E-state index is -0.393. The smallest absolute Gasteiger partial charge is 0.339 e. The van der Waals surface area contributed by atoms with Crippen LogP contribution in [0.15, 0.2) is 38.0 Å². The van der Waals surface area contributed by atoms with Gasteiger partial charge >= 0.3 is 5.63 Å². The van der Waals surface area contributed by atoms with Gasteiger partial charge in [-0.2, -0.15) is 0 Å². The summed E-state index contributed by atoms with van der Waals surface area (Å²) >= 11 is 0. The van der Waals surface area contributed by atoms with E-state index in [-0.39, 0.29) is 12.3 Å². The molecule has 6 nitrogen and oxygen atoms in total. The van der Waals surface area contributed by atoms with Crippen LogP contribution < -0.4 is 10.9 Å². The molecule has 0 bridgehead atoms. The van der Waals surface area contributed by atoms with Crippen LogP contribution in [0.3, 0.4) is 0 Å². The Bertz CT molecular complexity index is 969. The van der Waals surface area contributed by atoms with E-state index in [1.54, 1.807) is 13.0 Å². The molecule has 1 N–H and O–H groups in total. The molecule has 0 fully saturated rings. The molecule has 0 radical (unpaired) electrons. The first-order valence-corrected chi connectivity index (χ1v) is 7.70. The summed E-state index contributed by atoms with van der Waals surface area (Å²) in [4.78, 5) is 24.2. The molecule has 1 aromatic carbocycles. The number of anilines is 1. The summed E-state index contributed by atoms with van der Waals surface area (Å²) in [6, 6.07) is 7.38. The minimum Gasteiger partial charge on any atom is -0.423 e. The molecular formula is C18H18N2O4. The number of amides is 1. The van der Waals surface area contributed by atoms with Crippen molar-refractivity contribution in [2.45, 2.75) is 33.6 Å². The zero-order chi connectivity index (χ0) is 17.3. The van der Waals surface area contributed by atoms with E-state index < -0.39 is 5.63 Å². The lowest BCUT2D eigenvalue weighted by Gasteiger charge is -2.08. The summed E-state index contributed by atoms with van der Waals surface area (Å²) in [6.45, 7) is 5.56. The highest BCUT2D eigenvalue weighted by Gasteiger charge is 2.14. The lowest BCUT2D eigenvalue weighted by molar-refractivity contribution is -0.116. The number of hydrogen-bond acceptors (Lipinski definition) is 5. The predicted molar refractivity (Wildman–Crippen MR) is 90.1 cm³/mol. The normalized spacial score (nSPS) is 11.0. The van der Waals surface area contributed by atoms with Crippen molar-refractivity contribution in [3.05, 3.63) is 57.1 Å². The molecular weight excluding hydrogens is 308 g/mol. The van der Waals surface area contributed by atoms with Crippen LogP contribution in [0.25, 0.3) is 11.0 Å². The van der Waals surface area contributed by atoms with Crippen LogP contribution in [0.4, 0.5) is 5.82 Å². The molecule has 2 aromatic heterocycles. The monoisotopic (exact) mass is 326 g/mol. The highest BCUT2D eigenvalue weighted by atomic mass is 16.5. The SMILES string of the molecule is Cc1ccc2c(C)c(CCC(=O)Nc3cc(C)on3)c(=O)oc2c1. The number of carbonyl (C=O) groups is 1. The highest BCUT2D eigenvalue weighted by molar-refractivity contribution is 5.90. The van der Waals surface area contributed by atoms with E-state index in [1.165, 1.54) is 0 Å². The van der Waals surface area contributed by atoms with E-state index >= 15 is 0 Å². The van der Waals surface area contributed by atoms with Gasteiger partial charge in [0.2, 0.25) is 5.91 Å². The molecule has 2 heterocycles. The van der Waals surface area contributed by atoms with Crippen molar-refractivity contribution in [3.63, 3.8) is 0 Å². The molecule has 124 valence electrons. The zero-order valence-corrected chi connectivity index (χ0v) is 13.8. The average Bonchev–Trinajstić information content (AvgIpc) is 2.91. The van der Waals surface area contributed by atoms with Crippen molar-refractivity contribution in [2.75, 3.05) is 5.32 Å². The molecule has 3 rings (SSSR count). The van der Waals surface area contributed by atoms with Gasteiger partial charge in [0.1, 0.15) is 11.3 Å². The molecule has 0 unspecified atom stereocenters.